The van der Waals surface area contributed by atoms with Gasteiger partial charge in [0.05, 0.1) is 0 Å². The fourth-order valence-corrected chi connectivity index (χ4v) is 1.84. The average molecular weight is 197 g/mol. The Bertz CT molecular complexity index is 215. The van der Waals surface area contributed by atoms with Crippen LogP contribution in [0.5, 0.6) is 0 Å². The predicted molar refractivity (Wildman–Crippen MR) is 60.8 cm³/mol. The first-order chi connectivity index (χ1) is 6.32. The lowest BCUT2D eigenvalue weighted by Gasteiger charge is -2.29. The first-order valence-corrected chi connectivity index (χ1v) is 5.33. The Labute approximate surface area is 87.6 Å². The summed E-state index contributed by atoms with van der Waals surface area (Å²) in [5, 5.41) is 8.08. The molecule has 1 fully saturated rings. The lowest BCUT2D eigenvalue weighted by Crippen LogP contribution is -2.39. The van der Waals surface area contributed by atoms with Gasteiger partial charge in [-0.05, 0) is 20.5 Å². The summed E-state index contributed by atoms with van der Waals surface area (Å²) in [6.07, 6.45) is 1.19. The van der Waals surface area contributed by atoms with Crippen molar-refractivity contribution in [2.75, 3.05) is 27.2 Å². The van der Waals surface area contributed by atoms with Gasteiger partial charge in [-0.2, -0.15) is 0 Å². The third-order valence-corrected chi connectivity index (χ3v) is 2.92. The molecule has 1 aliphatic rings. The summed E-state index contributed by atoms with van der Waals surface area (Å²) in [5.74, 6) is 0.779. The van der Waals surface area contributed by atoms with Crippen molar-refractivity contribution < 1.29 is 0 Å². The largest absolute Gasteiger partial charge is 0.358 e. The molecule has 0 saturated carbocycles. The van der Waals surface area contributed by atoms with Gasteiger partial charge < -0.3 is 9.80 Å². The molecule has 1 saturated heterocycles. The molecule has 1 aliphatic heterocycles. The quantitative estimate of drug-likeness (QED) is 0.512. The van der Waals surface area contributed by atoms with Crippen molar-refractivity contribution in [3.8, 4) is 0 Å². The van der Waals surface area contributed by atoms with Gasteiger partial charge in [-0.25, -0.2) is 0 Å². The molecule has 0 aromatic heterocycles. The molecule has 0 aromatic carbocycles. The number of likely N-dealkylation sites (tertiary alicyclic amines) is 1. The van der Waals surface area contributed by atoms with Crippen LogP contribution < -0.4 is 0 Å². The summed E-state index contributed by atoms with van der Waals surface area (Å²) in [4.78, 5) is 4.47. The maximum absolute atomic E-state index is 8.08. The van der Waals surface area contributed by atoms with Crippen LogP contribution in [0.2, 0.25) is 0 Å². The van der Waals surface area contributed by atoms with Gasteiger partial charge in [0.25, 0.3) is 0 Å². The molecule has 0 aliphatic carbocycles. The van der Waals surface area contributed by atoms with Crippen LogP contribution in [0.1, 0.15) is 27.2 Å². The van der Waals surface area contributed by atoms with Crippen LogP contribution in [0.25, 0.3) is 0 Å². The molecule has 0 aromatic rings. The summed E-state index contributed by atoms with van der Waals surface area (Å²) < 4.78 is 0. The van der Waals surface area contributed by atoms with Gasteiger partial charge in [0.15, 0.2) is 0 Å². The van der Waals surface area contributed by atoms with Crippen LogP contribution >= 0.6 is 0 Å². The zero-order chi connectivity index (χ0) is 10.9. The van der Waals surface area contributed by atoms with Gasteiger partial charge in [-0.3, -0.25) is 5.41 Å². The van der Waals surface area contributed by atoms with E-state index in [1.54, 1.807) is 0 Å². The SMILES string of the molecule is CN(C)C1CCN(C(=N)C(C)(C)C)C1. The fraction of sp³-hybridized carbons (Fsp3) is 0.909. The molecule has 1 heterocycles. The molecule has 0 radical (unpaired) electrons. The Kier molecular flexibility index (Phi) is 3.20. The van der Waals surface area contributed by atoms with Crippen molar-refractivity contribution in [3.05, 3.63) is 0 Å². The predicted octanol–water partition coefficient (Wildman–Crippen LogP) is 1.65. The zero-order valence-corrected chi connectivity index (χ0v) is 10.1. The van der Waals surface area contributed by atoms with Crippen molar-refractivity contribution in [1.82, 2.24) is 9.80 Å². The Balaban J connectivity index is 2.54. The van der Waals surface area contributed by atoms with E-state index < -0.39 is 0 Å². The van der Waals surface area contributed by atoms with Crippen molar-refractivity contribution in [2.24, 2.45) is 5.41 Å². The molecule has 14 heavy (non-hydrogen) atoms. The molecule has 0 spiro atoms. The van der Waals surface area contributed by atoms with E-state index in [4.69, 9.17) is 5.41 Å². The monoisotopic (exact) mass is 197 g/mol. The van der Waals surface area contributed by atoms with E-state index in [0.29, 0.717) is 6.04 Å². The van der Waals surface area contributed by atoms with Crippen LogP contribution in [-0.2, 0) is 0 Å². The molecule has 1 rings (SSSR count). The minimum Gasteiger partial charge on any atom is -0.358 e. The van der Waals surface area contributed by atoms with Gasteiger partial charge in [0.2, 0.25) is 0 Å². The standard InChI is InChI=1S/C11H23N3/c1-11(2,3)10(12)14-7-6-9(8-14)13(4)5/h9,12H,6-8H2,1-5H3. The van der Waals surface area contributed by atoms with Crippen molar-refractivity contribution in [1.29, 1.82) is 5.41 Å². The van der Waals surface area contributed by atoms with E-state index in [0.717, 1.165) is 18.9 Å². The molecule has 1 atom stereocenters. The summed E-state index contributed by atoms with van der Waals surface area (Å²) in [6.45, 7) is 8.39. The van der Waals surface area contributed by atoms with E-state index in [1.807, 2.05) is 0 Å². The van der Waals surface area contributed by atoms with Gasteiger partial charge in [-0.1, -0.05) is 20.8 Å². The molecule has 3 heteroatoms. The first-order valence-electron chi connectivity index (χ1n) is 5.33. The average Bonchev–Trinajstić information content (AvgIpc) is 2.48. The van der Waals surface area contributed by atoms with Crippen LogP contribution in [0.4, 0.5) is 0 Å². The third kappa shape index (κ3) is 2.47. The molecular weight excluding hydrogens is 174 g/mol. The van der Waals surface area contributed by atoms with Gasteiger partial charge >= 0.3 is 0 Å². The molecule has 82 valence electrons. The number of likely N-dealkylation sites (N-methyl/N-ethyl adjacent to an activating group) is 1. The molecular formula is C11H23N3. The number of hydrogen-bond acceptors (Lipinski definition) is 2. The maximum Gasteiger partial charge on any atom is 0.101 e. The number of nitrogens with one attached hydrogen (secondary N) is 1. The minimum absolute atomic E-state index is 0.0127. The van der Waals surface area contributed by atoms with Crippen molar-refractivity contribution in [3.63, 3.8) is 0 Å². The third-order valence-electron chi connectivity index (χ3n) is 2.92. The second kappa shape index (κ2) is 3.89. The number of amidine groups is 1. The summed E-state index contributed by atoms with van der Waals surface area (Å²) in [6, 6.07) is 0.623. The van der Waals surface area contributed by atoms with Gasteiger partial charge in [-0.15, -0.1) is 0 Å². The number of rotatable bonds is 1. The molecule has 0 amide bonds. The Morgan fingerprint density at radius 3 is 2.29 bits per heavy atom. The van der Waals surface area contributed by atoms with Gasteiger partial charge in [0.1, 0.15) is 5.84 Å². The Morgan fingerprint density at radius 1 is 1.36 bits per heavy atom. The normalized spacial score (nSPS) is 23.3. The molecule has 1 N–H and O–H groups in total. The van der Waals surface area contributed by atoms with Crippen molar-refractivity contribution in [2.45, 2.75) is 33.2 Å². The highest BCUT2D eigenvalue weighted by Crippen LogP contribution is 2.22. The van der Waals surface area contributed by atoms with Crippen molar-refractivity contribution >= 4 is 5.84 Å². The smallest absolute Gasteiger partial charge is 0.101 e. The minimum atomic E-state index is -0.0127. The highest BCUT2D eigenvalue weighted by molar-refractivity contribution is 5.84. The van der Waals surface area contributed by atoms with Gasteiger partial charge in [0, 0.05) is 24.5 Å². The molecule has 3 nitrogen and oxygen atoms in total. The lowest BCUT2D eigenvalue weighted by atomic mass is 9.94. The lowest BCUT2D eigenvalue weighted by molar-refractivity contribution is 0.296. The zero-order valence-electron chi connectivity index (χ0n) is 10.1. The molecule has 1 unspecified atom stereocenters. The summed E-state index contributed by atoms with van der Waals surface area (Å²) in [5.41, 5.74) is -0.0127. The van der Waals surface area contributed by atoms with E-state index in [9.17, 15) is 0 Å². The van der Waals surface area contributed by atoms with E-state index in [1.165, 1.54) is 6.42 Å². The Hall–Kier alpha value is -0.570. The topological polar surface area (TPSA) is 30.3 Å². The second-order valence-electron chi connectivity index (χ2n) is 5.45. The number of nitrogens with zero attached hydrogens (tertiary/aromatic N) is 2. The van der Waals surface area contributed by atoms with Crippen LogP contribution in [0.15, 0.2) is 0 Å². The van der Waals surface area contributed by atoms with E-state index in [-0.39, 0.29) is 5.41 Å². The fourth-order valence-electron chi connectivity index (χ4n) is 1.84. The van der Waals surface area contributed by atoms with Crippen LogP contribution in [0, 0.1) is 10.8 Å². The highest BCUT2D eigenvalue weighted by atomic mass is 15.3. The number of hydrogen-bond donors (Lipinski definition) is 1. The van der Waals surface area contributed by atoms with E-state index in [2.05, 4.69) is 44.7 Å². The van der Waals surface area contributed by atoms with Crippen LogP contribution in [-0.4, -0.2) is 48.9 Å². The highest BCUT2D eigenvalue weighted by Gasteiger charge is 2.30. The first kappa shape index (κ1) is 11.5. The van der Waals surface area contributed by atoms with Crippen LogP contribution in [0.3, 0.4) is 0 Å². The van der Waals surface area contributed by atoms with E-state index >= 15 is 0 Å². The molecule has 0 bridgehead atoms. The summed E-state index contributed by atoms with van der Waals surface area (Å²) >= 11 is 0. The maximum atomic E-state index is 8.08. The second-order valence-corrected chi connectivity index (χ2v) is 5.45. The Morgan fingerprint density at radius 2 is 1.93 bits per heavy atom. The summed E-state index contributed by atoms with van der Waals surface area (Å²) in [7, 11) is 4.24.